The number of H-pyrrole nitrogens is 1. The normalized spacial score (nSPS) is 11.3. The van der Waals surface area contributed by atoms with Crippen LogP contribution in [0.1, 0.15) is 16.7 Å². The van der Waals surface area contributed by atoms with E-state index in [1.54, 1.807) is 31.4 Å². The Kier molecular flexibility index (Phi) is 6.59. The molecule has 0 aliphatic heterocycles. The number of aromatic amines is 1. The molecule has 0 spiro atoms. The van der Waals surface area contributed by atoms with Crippen molar-refractivity contribution in [1.29, 1.82) is 0 Å². The Bertz CT molecular complexity index is 1440. The average Bonchev–Trinajstić information content (AvgIpc) is 2.84. The maximum absolute atomic E-state index is 12.9. The molecule has 3 N–H and O–H groups in total. The van der Waals surface area contributed by atoms with Crippen molar-refractivity contribution in [3.05, 3.63) is 116 Å². The van der Waals surface area contributed by atoms with Crippen LogP contribution in [0.3, 0.4) is 0 Å². The van der Waals surface area contributed by atoms with Gasteiger partial charge in [0.25, 0.3) is 5.56 Å². The number of aliphatic imine (C=N–C) groups is 1. The Balaban J connectivity index is 1.87. The number of ether oxygens (including phenoxy) is 1. The first-order valence-electron chi connectivity index (χ1n) is 10.6. The molecule has 0 amide bonds. The summed E-state index contributed by atoms with van der Waals surface area (Å²) in [6.45, 7) is 2.08. The Morgan fingerprint density at radius 3 is 2.38 bits per heavy atom. The second-order valence-corrected chi connectivity index (χ2v) is 7.60. The SMILES string of the molecule is COc1ccccc1CN=C(Nc1ccccc1)c1c(O)n(-c2ccc(C)cc2)c(=O)[nH]c1=O. The number of nitrogens with one attached hydrogen (secondary N) is 2. The second-order valence-electron chi connectivity index (χ2n) is 7.60. The minimum atomic E-state index is -0.756. The number of hydrogen-bond acceptors (Lipinski definition) is 5. The van der Waals surface area contributed by atoms with Gasteiger partial charge in [0.2, 0.25) is 5.88 Å². The minimum Gasteiger partial charge on any atom is -0.496 e. The van der Waals surface area contributed by atoms with E-state index in [2.05, 4.69) is 15.3 Å². The average molecular weight is 457 g/mol. The van der Waals surface area contributed by atoms with Crippen LogP contribution < -0.4 is 21.3 Å². The summed E-state index contributed by atoms with van der Waals surface area (Å²) in [5.74, 6) is 0.240. The molecule has 8 heteroatoms. The first-order valence-corrected chi connectivity index (χ1v) is 10.6. The third-order valence-electron chi connectivity index (χ3n) is 5.25. The van der Waals surface area contributed by atoms with Gasteiger partial charge in [-0.15, -0.1) is 0 Å². The van der Waals surface area contributed by atoms with E-state index in [1.165, 1.54) is 0 Å². The summed E-state index contributed by atoms with van der Waals surface area (Å²) in [7, 11) is 1.57. The number of nitrogens with zero attached hydrogens (tertiary/aromatic N) is 2. The number of para-hydroxylation sites is 2. The number of benzene rings is 3. The summed E-state index contributed by atoms with van der Waals surface area (Å²) in [6.07, 6.45) is 0. The number of amidine groups is 1. The predicted octanol–water partition coefficient (Wildman–Crippen LogP) is 3.61. The van der Waals surface area contributed by atoms with Gasteiger partial charge in [-0.3, -0.25) is 14.8 Å². The molecule has 8 nitrogen and oxygen atoms in total. The lowest BCUT2D eigenvalue weighted by atomic mass is 10.2. The van der Waals surface area contributed by atoms with Crippen LogP contribution >= 0.6 is 0 Å². The molecular weight excluding hydrogens is 432 g/mol. The molecule has 0 radical (unpaired) electrons. The zero-order valence-corrected chi connectivity index (χ0v) is 18.8. The molecule has 172 valence electrons. The lowest BCUT2D eigenvalue weighted by Crippen LogP contribution is -2.35. The fraction of sp³-hybridized carbons (Fsp3) is 0.115. The van der Waals surface area contributed by atoms with E-state index in [4.69, 9.17) is 4.74 Å². The van der Waals surface area contributed by atoms with Gasteiger partial charge in [-0.25, -0.2) is 9.36 Å². The van der Waals surface area contributed by atoms with E-state index in [-0.39, 0.29) is 17.9 Å². The third-order valence-corrected chi connectivity index (χ3v) is 5.25. The summed E-state index contributed by atoms with van der Waals surface area (Å²) in [5.41, 5.74) is 1.19. The first kappa shape index (κ1) is 22.6. The van der Waals surface area contributed by atoms with Gasteiger partial charge in [-0.2, -0.15) is 0 Å². The lowest BCUT2D eigenvalue weighted by Gasteiger charge is -2.15. The van der Waals surface area contributed by atoms with Crippen molar-refractivity contribution in [2.24, 2.45) is 4.99 Å². The lowest BCUT2D eigenvalue weighted by molar-refractivity contribution is 0.410. The zero-order chi connectivity index (χ0) is 24.1. The van der Waals surface area contributed by atoms with E-state index in [9.17, 15) is 14.7 Å². The van der Waals surface area contributed by atoms with Gasteiger partial charge in [-0.05, 0) is 37.3 Å². The van der Waals surface area contributed by atoms with Crippen molar-refractivity contribution >= 4 is 11.5 Å². The summed E-state index contributed by atoms with van der Waals surface area (Å²) in [4.78, 5) is 32.4. The van der Waals surface area contributed by atoms with Gasteiger partial charge in [-0.1, -0.05) is 54.1 Å². The number of aromatic nitrogens is 2. The molecule has 0 saturated carbocycles. The Morgan fingerprint density at radius 2 is 1.68 bits per heavy atom. The van der Waals surface area contributed by atoms with Crippen molar-refractivity contribution in [2.75, 3.05) is 12.4 Å². The van der Waals surface area contributed by atoms with Gasteiger partial charge in [0, 0.05) is 11.3 Å². The molecule has 4 rings (SSSR count). The van der Waals surface area contributed by atoms with E-state index < -0.39 is 17.1 Å². The molecular formula is C26H24N4O4. The molecule has 0 bridgehead atoms. The van der Waals surface area contributed by atoms with Crippen molar-refractivity contribution < 1.29 is 9.84 Å². The molecule has 1 aromatic heterocycles. The molecule has 4 aromatic rings. The monoisotopic (exact) mass is 456 g/mol. The van der Waals surface area contributed by atoms with Gasteiger partial charge < -0.3 is 15.2 Å². The topological polar surface area (TPSA) is 109 Å². The van der Waals surface area contributed by atoms with Gasteiger partial charge in [0.15, 0.2) is 0 Å². The van der Waals surface area contributed by atoms with Gasteiger partial charge >= 0.3 is 5.69 Å². The molecule has 1 heterocycles. The molecule has 0 unspecified atom stereocenters. The number of aromatic hydroxyl groups is 1. The van der Waals surface area contributed by atoms with Crippen LogP contribution in [-0.4, -0.2) is 27.6 Å². The largest absolute Gasteiger partial charge is 0.496 e. The molecule has 34 heavy (non-hydrogen) atoms. The molecule has 0 atom stereocenters. The van der Waals surface area contributed by atoms with Crippen LogP contribution in [-0.2, 0) is 6.54 Å². The van der Waals surface area contributed by atoms with Crippen LogP contribution in [0.25, 0.3) is 5.69 Å². The molecule has 0 fully saturated rings. The van der Waals surface area contributed by atoms with Crippen LogP contribution in [0.4, 0.5) is 5.69 Å². The Morgan fingerprint density at radius 1 is 1.00 bits per heavy atom. The highest BCUT2D eigenvalue weighted by molar-refractivity contribution is 6.09. The van der Waals surface area contributed by atoms with E-state index in [1.807, 2.05) is 61.5 Å². The predicted molar refractivity (Wildman–Crippen MR) is 132 cm³/mol. The van der Waals surface area contributed by atoms with E-state index >= 15 is 0 Å². The van der Waals surface area contributed by atoms with Crippen LogP contribution in [0.15, 0.2) is 93.4 Å². The first-order chi connectivity index (χ1) is 16.5. The summed E-state index contributed by atoms with van der Waals surface area (Å²) in [6, 6.07) is 23.5. The van der Waals surface area contributed by atoms with Crippen LogP contribution in [0.5, 0.6) is 11.6 Å². The Labute approximate surface area is 195 Å². The quantitative estimate of drug-likeness (QED) is 0.303. The summed E-state index contributed by atoms with van der Waals surface area (Å²) < 4.78 is 6.44. The standard InChI is InChI=1S/C26H24N4O4/c1-17-12-14-20(15-13-17)30-25(32)22(24(31)29-26(30)33)23(28-19-9-4-3-5-10-19)27-16-18-8-6-7-11-21(18)34-2/h3-15,32H,16H2,1-2H3,(H,27,28)(H,29,31,33). The maximum atomic E-state index is 12.9. The van der Waals surface area contributed by atoms with E-state index in [0.717, 1.165) is 15.7 Å². The molecule has 0 saturated heterocycles. The number of anilines is 1. The van der Waals surface area contributed by atoms with E-state index in [0.29, 0.717) is 17.1 Å². The van der Waals surface area contributed by atoms with Crippen molar-refractivity contribution in [3.8, 4) is 17.3 Å². The fourth-order valence-electron chi connectivity index (χ4n) is 3.51. The third kappa shape index (κ3) is 4.75. The van der Waals surface area contributed by atoms with Crippen molar-refractivity contribution in [2.45, 2.75) is 13.5 Å². The zero-order valence-electron chi connectivity index (χ0n) is 18.8. The summed E-state index contributed by atoms with van der Waals surface area (Å²) in [5, 5.41) is 14.2. The Hall–Kier alpha value is -4.59. The molecule has 3 aromatic carbocycles. The van der Waals surface area contributed by atoms with Crippen molar-refractivity contribution in [1.82, 2.24) is 9.55 Å². The number of hydrogen-bond donors (Lipinski definition) is 3. The van der Waals surface area contributed by atoms with Gasteiger partial charge in [0.05, 0.1) is 19.3 Å². The highest BCUT2D eigenvalue weighted by Crippen LogP contribution is 2.21. The minimum absolute atomic E-state index is 0.108. The molecule has 0 aliphatic rings. The summed E-state index contributed by atoms with van der Waals surface area (Å²) >= 11 is 0. The number of rotatable bonds is 6. The highest BCUT2D eigenvalue weighted by Gasteiger charge is 2.21. The van der Waals surface area contributed by atoms with Crippen molar-refractivity contribution in [3.63, 3.8) is 0 Å². The second kappa shape index (κ2) is 9.91. The molecule has 0 aliphatic carbocycles. The van der Waals surface area contributed by atoms with Crippen LogP contribution in [0.2, 0.25) is 0 Å². The number of methoxy groups -OCH3 is 1. The highest BCUT2D eigenvalue weighted by atomic mass is 16.5. The fourth-order valence-corrected chi connectivity index (χ4v) is 3.51. The maximum Gasteiger partial charge on any atom is 0.335 e. The number of aryl methyl sites for hydroxylation is 1. The smallest absolute Gasteiger partial charge is 0.335 e. The van der Waals surface area contributed by atoms with Gasteiger partial charge in [0.1, 0.15) is 17.1 Å². The van der Waals surface area contributed by atoms with Crippen LogP contribution in [0, 0.1) is 6.92 Å².